The van der Waals surface area contributed by atoms with Gasteiger partial charge in [-0.1, -0.05) is 0 Å². The van der Waals surface area contributed by atoms with E-state index in [1.165, 1.54) is 11.0 Å². The van der Waals surface area contributed by atoms with Gasteiger partial charge in [0.05, 0.1) is 6.04 Å². The number of amides is 2. The van der Waals surface area contributed by atoms with Crippen LogP contribution in [-0.4, -0.2) is 64.0 Å². The van der Waals surface area contributed by atoms with E-state index in [-0.39, 0.29) is 24.0 Å². The van der Waals surface area contributed by atoms with Crippen LogP contribution in [0.15, 0.2) is 23.1 Å². The van der Waals surface area contributed by atoms with Crippen LogP contribution in [0, 0.1) is 0 Å². The zero-order valence-corrected chi connectivity index (χ0v) is 12.4. The van der Waals surface area contributed by atoms with Gasteiger partial charge in [0.15, 0.2) is 11.5 Å². The summed E-state index contributed by atoms with van der Waals surface area (Å²) in [6.45, 7) is 0.796. The predicted molar refractivity (Wildman–Crippen MR) is 76.7 cm³/mol. The summed E-state index contributed by atoms with van der Waals surface area (Å²) < 4.78 is 5.50. The molecule has 2 atom stereocenters. The fraction of sp³-hybridized carbons (Fsp3) is 0.533. The Balaban J connectivity index is 1.66. The molecule has 0 radical (unpaired) electrons. The van der Waals surface area contributed by atoms with Gasteiger partial charge in [0.2, 0.25) is 11.8 Å². The number of carbonyl (C=O) groups is 3. The molecule has 1 saturated carbocycles. The Morgan fingerprint density at radius 1 is 1.35 bits per heavy atom. The fourth-order valence-corrected chi connectivity index (χ4v) is 3.36. The van der Waals surface area contributed by atoms with Gasteiger partial charge in [-0.15, -0.1) is 0 Å². The summed E-state index contributed by atoms with van der Waals surface area (Å²) in [7, 11) is 0. The highest BCUT2D eigenvalue weighted by molar-refractivity contribution is 6.01. The number of allylic oxidation sites excluding steroid dienone is 1. The van der Waals surface area contributed by atoms with E-state index in [1.54, 1.807) is 0 Å². The molecule has 4 aliphatic rings. The highest BCUT2D eigenvalue weighted by Gasteiger charge is 2.52. The number of carboxylic acid groups (broad SMARTS) is 1. The van der Waals surface area contributed by atoms with Crippen LogP contribution in [0.4, 0.5) is 0 Å². The standard InChI is InChI=1S/C15H17N3O5/c16-11-9-6-23-10(12(15(21)22)18(9)14(11)20)5-7-3-4-17(13(7)19)8-1-2-8/h5,8-9,11H,1-4,6,16H2,(H,21,22)/b7-5+/t9-,11+/m1/s1. The van der Waals surface area contributed by atoms with Crippen LogP contribution < -0.4 is 5.73 Å². The molecule has 1 aliphatic carbocycles. The average Bonchev–Trinajstić information content (AvgIpc) is 3.31. The molecule has 3 heterocycles. The first-order chi connectivity index (χ1) is 11.0. The number of hydrogen-bond acceptors (Lipinski definition) is 5. The van der Waals surface area contributed by atoms with Gasteiger partial charge in [-0.2, -0.15) is 0 Å². The Hall–Kier alpha value is -2.35. The number of carbonyl (C=O) groups excluding carboxylic acids is 2. The minimum atomic E-state index is -1.26. The highest BCUT2D eigenvalue weighted by Crippen LogP contribution is 2.35. The first-order valence-corrected chi connectivity index (χ1v) is 7.69. The lowest BCUT2D eigenvalue weighted by atomic mass is 9.93. The Morgan fingerprint density at radius 2 is 2.09 bits per heavy atom. The zero-order valence-electron chi connectivity index (χ0n) is 12.4. The van der Waals surface area contributed by atoms with Crippen molar-refractivity contribution in [2.24, 2.45) is 5.73 Å². The van der Waals surface area contributed by atoms with E-state index >= 15 is 0 Å². The average molecular weight is 319 g/mol. The summed E-state index contributed by atoms with van der Waals surface area (Å²) in [6, 6.07) is -0.844. The van der Waals surface area contributed by atoms with E-state index in [0.29, 0.717) is 24.6 Å². The molecule has 4 rings (SSSR count). The first kappa shape index (κ1) is 14.3. The second-order valence-corrected chi connectivity index (χ2v) is 6.28. The molecule has 2 amide bonds. The molecule has 3 aliphatic heterocycles. The number of nitrogens with two attached hydrogens (primary N) is 1. The molecule has 0 aromatic carbocycles. The molecule has 3 fully saturated rings. The van der Waals surface area contributed by atoms with Gasteiger partial charge >= 0.3 is 5.97 Å². The van der Waals surface area contributed by atoms with E-state index in [1.807, 2.05) is 4.90 Å². The Labute approximate surface area is 132 Å². The molecule has 0 aromatic heterocycles. The third-order valence-corrected chi connectivity index (χ3v) is 4.81. The topological polar surface area (TPSA) is 113 Å². The van der Waals surface area contributed by atoms with E-state index in [0.717, 1.165) is 12.8 Å². The monoisotopic (exact) mass is 319 g/mol. The zero-order chi connectivity index (χ0) is 16.3. The summed E-state index contributed by atoms with van der Waals surface area (Å²) in [6.07, 6.45) is 4.09. The van der Waals surface area contributed by atoms with Gasteiger partial charge in [0.1, 0.15) is 12.6 Å². The number of hydrogen-bond donors (Lipinski definition) is 2. The van der Waals surface area contributed by atoms with E-state index in [2.05, 4.69) is 0 Å². The molecule has 2 saturated heterocycles. The lowest BCUT2D eigenvalue weighted by Crippen LogP contribution is -2.71. The number of carboxylic acids is 1. The SMILES string of the molecule is N[C@@H]1C(=O)N2C(C(=O)O)=C(/C=C3\CCN(C4CC4)C3=O)OC[C@H]12. The van der Waals surface area contributed by atoms with Gasteiger partial charge in [-0.3, -0.25) is 14.5 Å². The molecule has 8 nitrogen and oxygen atoms in total. The maximum Gasteiger partial charge on any atom is 0.356 e. The van der Waals surface area contributed by atoms with Crippen LogP contribution in [0.1, 0.15) is 19.3 Å². The number of nitrogens with zero attached hydrogens (tertiary/aromatic N) is 2. The van der Waals surface area contributed by atoms with Crippen molar-refractivity contribution >= 4 is 17.8 Å². The first-order valence-electron chi connectivity index (χ1n) is 7.69. The third-order valence-electron chi connectivity index (χ3n) is 4.81. The lowest BCUT2D eigenvalue weighted by Gasteiger charge is -2.47. The van der Waals surface area contributed by atoms with Crippen molar-refractivity contribution in [3.05, 3.63) is 23.1 Å². The lowest BCUT2D eigenvalue weighted by molar-refractivity contribution is -0.156. The van der Waals surface area contributed by atoms with Crippen molar-refractivity contribution in [3.63, 3.8) is 0 Å². The number of β-lactam (4-membered cyclic amide) rings is 1. The highest BCUT2D eigenvalue weighted by atomic mass is 16.5. The van der Waals surface area contributed by atoms with Crippen LogP contribution in [0.5, 0.6) is 0 Å². The number of rotatable bonds is 3. The maximum absolute atomic E-state index is 12.3. The van der Waals surface area contributed by atoms with Crippen molar-refractivity contribution in [1.82, 2.24) is 9.80 Å². The summed E-state index contributed by atoms with van der Waals surface area (Å²) in [5.74, 6) is -1.69. The van der Waals surface area contributed by atoms with Crippen LogP contribution in [0.25, 0.3) is 0 Å². The van der Waals surface area contributed by atoms with Gasteiger partial charge in [-0.25, -0.2) is 4.79 Å². The van der Waals surface area contributed by atoms with Gasteiger partial charge in [-0.05, 0) is 25.3 Å². The summed E-state index contributed by atoms with van der Waals surface area (Å²) in [5, 5.41) is 9.43. The third kappa shape index (κ3) is 2.05. The number of likely N-dealkylation sites (tertiary alicyclic amines) is 1. The second kappa shape index (κ2) is 4.82. The van der Waals surface area contributed by atoms with Crippen molar-refractivity contribution in [1.29, 1.82) is 0 Å². The van der Waals surface area contributed by atoms with Crippen molar-refractivity contribution in [2.45, 2.75) is 37.4 Å². The van der Waals surface area contributed by atoms with Crippen molar-refractivity contribution in [2.75, 3.05) is 13.2 Å². The molecule has 8 heteroatoms. The Morgan fingerprint density at radius 3 is 2.74 bits per heavy atom. The van der Waals surface area contributed by atoms with Crippen LogP contribution in [-0.2, 0) is 19.1 Å². The van der Waals surface area contributed by atoms with E-state index in [9.17, 15) is 19.5 Å². The summed E-state index contributed by atoms with van der Waals surface area (Å²) >= 11 is 0. The van der Waals surface area contributed by atoms with Crippen LogP contribution in [0.3, 0.4) is 0 Å². The minimum Gasteiger partial charge on any atom is -0.489 e. The van der Waals surface area contributed by atoms with Crippen molar-refractivity contribution in [3.8, 4) is 0 Å². The molecule has 0 spiro atoms. The molecular formula is C15H17N3O5. The summed E-state index contributed by atoms with van der Waals surface area (Å²) in [4.78, 5) is 38.7. The second-order valence-electron chi connectivity index (χ2n) is 6.28. The van der Waals surface area contributed by atoms with Gasteiger partial charge in [0.25, 0.3) is 0 Å². The molecule has 0 unspecified atom stereocenters. The quantitative estimate of drug-likeness (QED) is 0.519. The number of aliphatic carboxylic acids is 1. The molecule has 0 bridgehead atoms. The molecular weight excluding hydrogens is 302 g/mol. The Kier molecular flexibility index (Phi) is 2.99. The maximum atomic E-state index is 12.3. The molecule has 3 N–H and O–H groups in total. The van der Waals surface area contributed by atoms with Crippen molar-refractivity contribution < 1.29 is 24.2 Å². The molecule has 23 heavy (non-hydrogen) atoms. The summed E-state index contributed by atoms with van der Waals surface area (Å²) in [5.41, 5.74) is 5.97. The fourth-order valence-electron chi connectivity index (χ4n) is 3.36. The molecule has 122 valence electrons. The predicted octanol–water partition coefficient (Wildman–Crippen LogP) is -0.828. The van der Waals surface area contributed by atoms with Gasteiger partial charge < -0.3 is 20.5 Å². The van der Waals surface area contributed by atoms with E-state index < -0.39 is 24.0 Å². The van der Waals surface area contributed by atoms with Crippen LogP contribution in [0.2, 0.25) is 0 Å². The minimum absolute atomic E-state index is 0.0648. The smallest absolute Gasteiger partial charge is 0.356 e. The van der Waals surface area contributed by atoms with E-state index in [4.69, 9.17) is 10.5 Å². The Bertz CT molecular complexity index is 679. The van der Waals surface area contributed by atoms with Gasteiger partial charge in [0, 0.05) is 18.2 Å². The normalized spacial score (nSPS) is 32.1. The largest absolute Gasteiger partial charge is 0.489 e. The number of ether oxygens (including phenoxy) is 1. The number of fused-ring (bicyclic) bond motifs is 1. The van der Waals surface area contributed by atoms with Crippen LogP contribution >= 0.6 is 0 Å². The molecule has 0 aromatic rings.